The van der Waals surface area contributed by atoms with Gasteiger partial charge in [0.15, 0.2) is 0 Å². The van der Waals surface area contributed by atoms with E-state index >= 15 is 0 Å². The normalized spacial score (nSPS) is 18.0. The molecule has 0 bridgehead atoms. The summed E-state index contributed by atoms with van der Waals surface area (Å²) >= 11 is 0. The molecule has 23 heavy (non-hydrogen) atoms. The molecule has 0 aromatic heterocycles. The minimum absolute atomic E-state index is 0.640. The van der Waals surface area contributed by atoms with Crippen molar-refractivity contribution in [1.29, 1.82) is 0 Å². The molecule has 0 spiro atoms. The SMILES string of the molecule is O[C@H]1c2cc3c(cc2Oc2cc4ccccc4cc21)CCC=C3. The number of hydrogen-bond acceptors (Lipinski definition) is 2. The molecule has 0 saturated carbocycles. The Bertz CT molecular complexity index is 969. The molecule has 1 aliphatic heterocycles. The fraction of sp³-hybridized carbons (Fsp3) is 0.143. The zero-order valence-corrected chi connectivity index (χ0v) is 12.6. The van der Waals surface area contributed by atoms with Gasteiger partial charge < -0.3 is 9.84 Å². The maximum absolute atomic E-state index is 10.9. The van der Waals surface area contributed by atoms with E-state index in [-0.39, 0.29) is 0 Å². The Morgan fingerprint density at radius 2 is 1.65 bits per heavy atom. The number of benzene rings is 3. The third-order valence-electron chi connectivity index (χ3n) is 4.84. The van der Waals surface area contributed by atoms with Crippen molar-refractivity contribution >= 4 is 16.8 Å². The van der Waals surface area contributed by atoms with Crippen LogP contribution >= 0.6 is 0 Å². The van der Waals surface area contributed by atoms with Crippen molar-refractivity contribution in [3.8, 4) is 11.5 Å². The third kappa shape index (κ3) is 1.92. The van der Waals surface area contributed by atoms with Crippen molar-refractivity contribution in [3.05, 3.63) is 76.9 Å². The number of rotatable bonds is 0. The summed E-state index contributed by atoms with van der Waals surface area (Å²) in [6, 6.07) is 16.4. The standard InChI is InChI=1S/C21H16O2/c22-21-17-9-13-5-1-3-7-15(13)11-19(17)23-20-12-16-8-4-2-6-14(16)10-18(20)21/h1-3,5-7,9-12,21-22H,4,8H2/t21-/m1/s1. The number of aryl methyl sites for hydroxylation is 1. The van der Waals surface area contributed by atoms with Gasteiger partial charge in [0, 0.05) is 11.1 Å². The minimum atomic E-state index is -0.640. The van der Waals surface area contributed by atoms with Gasteiger partial charge in [-0.2, -0.15) is 0 Å². The zero-order valence-electron chi connectivity index (χ0n) is 12.6. The van der Waals surface area contributed by atoms with Gasteiger partial charge in [0.25, 0.3) is 0 Å². The molecular weight excluding hydrogens is 284 g/mol. The molecule has 2 heteroatoms. The molecular formula is C21H16O2. The van der Waals surface area contributed by atoms with Crippen LogP contribution in [0.3, 0.4) is 0 Å². The van der Waals surface area contributed by atoms with Gasteiger partial charge in [-0.25, -0.2) is 0 Å². The molecule has 0 radical (unpaired) electrons. The first-order valence-corrected chi connectivity index (χ1v) is 8.01. The summed E-state index contributed by atoms with van der Waals surface area (Å²) in [4.78, 5) is 0. The van der Waals surface area contributed by atoms with Gasteiger partial charge in [-0.1, -0.05) is 36.4 Å². The molecule has 1 aliphatic carbocycles. The number of fused-ring (bicyclic) bond motifs is 4. The summed E-state index contributed by atoms with van der Waals surface area (Å²) in [5.74, 6) is 1.55. The highest BCUT2D eigenvalue weighted by Gasteiger charge is 2.27. The van der Waals surface area contributed by atoms with E-state index in [1.807, 2.05) is 24.3 Å². The fourth-order valence-electron chi connectivity index (χ4n) is 3.60. The van der Waals surface area contributed by atoms with E-state index in [0.29, 0.717) is 0 Å². The summed E-state index contributed by atoms with van der Waals surface area (Å²) in [6.45, 7) is 0. The van der Waals surface area contributed by atoms with Gasteiger partial charge in [-0.3, -0.25) is 0 Å². The predicted octanol–water partition coefficient (Wildman–Crippen LogP) is 4.99. The van der Waals surface area contributed by atoms with Gasteiger partial charge in [-0.15, -0.1) is 0 Å². The molecule has 0 unspecified atom stereocenters. The van der Waals surface area contributed by atoms with Crippen LogP contribution in [0.15, 0.2) is 54.6 Å². The van der Waals surface area contributed by atoms with Crippen molar-refractivity contribution in [2.24, 2.45) is 0 Å². The lowest BCUT2D eigenvalue weighted by Gasteiger charge is -2.27. The smallest absolute Gasteiger partial charge is 0.134 e. The Labute approximate surface area is 134 Å². The lowest BCUT2D eigenvalue weighted by molar-refractivity contribution is 0.203. The van der Waals surface area contributed by atoms with Crippen LogP contribution in [0.5, 0.6) is 11.5 Å². The van der Waals surface area contributed by atoms with Crippen LogP contribution in [0.1, 0.15) is 34.8 Å². The lowest BCUT2D eigenvalue weighted by Crippen LogP contribution is -2.11. The summed E-state index contributed by atoms with van der Waals surface area (Å²) in [7, 11) is 0. The second-order valence-electron chi connectivity index (χ2n) is 6.27. The van der Waals surface area contributed by atoms with Gasteiger partial charge in [0.05, 0.1) is 0 Å². The average Bonchev–Trinajstić information content (AvgIpc) is 2.59. The van der Waals surface area contributed by atoms with Crippen molar-refractivity contribution in [2.45, 2.75) is 18.9 Å². The summed E-state index contributed by atoms with van der Waals surface area (Å²) < 4.78 is 6.14. The van der Waals surface area contributed by atoms with Crippen LogP contribution in [-0.4, -0.2) is 5.11 Å². The highest BCUT2D eigenvalue weighted by atomic mass is 16.5. The Morgan fingerprint density at radius 1 is 0.913 bits per heavy atom. The first kappa shape index (κ1) is 12.9. The van der Waals surface area contributed by atoms with Crippen molar-refractivity contribution in [1.82, 2.24) is 0 Å². The predicted molar refractivity (Wildman–Crippen MR) is 91.9 cm³/mol. The summed E-state index contributed by atoms with van der Waals surface area (Å²) in [5.41, 5.74) is 4.19. The first-order chi connectivity index (χ1) is 11.3. The molecule has 1 atom stereocenters. The largest absolute Gasteiger partial charge is 0.457 e. The maximum atomic E-state index is 10.9. The van der Waals surface area contributed by atoms with Crippen molar-refractivity contribution in [3.63, 3.8) is 0 Å². The van der Waals surface area contributed by atoms with Crippen LogP contribution < -0.4 is 4.74 Å². The molecule has 0 amide bonds. The van der Waals surface area contributed by atoms with E-state index in [4.69, 9.17) is 4.74 Å². The van der Waals surface area contributed by atoms with E-state index in [1.165, 1.54) is 11.1 Å². The number of hydrogen-bond donors (Lipinski definition) is 1. The van der Waals surface area contributed by atoms with Gasteiger partial charge >= 0.3 is 0 Å². The van der Waals surface area contributed by atoms with E-state index in [0.717, 1.165) is 46.2 Å². The topological polar surface area (TPSA) is 29.5 Å². The Hall–Kier alpha value is -2.58. The zero-order chi connectivity index (χ0) is 15.4. The van der Waals surface area contributed by atoms with Crippen LogP contribution in [0.4, 0.5) is 0 Å². The molecule has 0 saturated heterocycles. The second kappa shape index (κ2) is 4.71. The highest BCUT2D eigenvalue weighted by molar-refractivity contribution is 5.86. The summed E-state index contributed by atoms with van der Waals surface area (Å²) in [6.07, 6.45) is 5.78. The molecule has 112 valence electrons. The van der Waals surface area contributed by atoms with Gasteiger partial charge in [-0.05, 0) is 59.0 Å². The van der Waals surface area contributed by atoms with E-state index < -0.39 is 6.10 Å². The molecule has 0 fully saturated rings. The Balaban J connectivity index is 1.71. The molecule has 1 heterocycles. The fourth-order valence-corrected chi connectivity index (χ4v) is 3.60. The molecule has 5 rings (SSSR count). The minimum Gasteiger partial charge on any atom is -0.457 e. The quantitative estimate of drug-likeness (QED) is 0.634. The van der Waals surface area contributed by atoms with E-state index in [2.05, 4.69) is 36.4 Å². The number of aliphatic hydroxyl groups excluding tert-OH is 1. The molecule has 1 N–H and O–H groups in total. The summed E-state index contributed by atoms with van der Waals surface area (Å²) in [5, 5.41) is 13.1. The molecule has 3 aromatic rings. The maximum Gasteiger partial charge on any atom is 0.134 e. The lowest BCUT2D eigenvalue weighted by atomic mass is 9.89. The molecule has 2 nitrogen and oxygen atoms in total. The van der Waals surface area contributed by atoms with Crippen LogP contribution in [0, 0.1) is 0 Å². The number of allylic oxidation sites excluding steroid dienone is 1. The Kier molecular flexibility index (Phi) is 2.64. The van der Waals surface area contributed by atoms with Crippen molar-refractivity contribution in [2.75, 3.05) is 0 Å². The van der Waals surface area contributed by atoms with Crippen LogP contribution in [-0.2, 0) is 6.42 Å². The van der Waals surface area contributed by atoms with E-state index in [1.54, 1.807) is 0 Å². The third-order valence-corrected chi connectivity index (χ3v) is 4.84. The van der Waals surface area contributed by atoms with Crippen molar-refractivity contribution < 1.29 is 9.84 Å². The number of aliphatic hydroxyl groups is 1. The van der Waals surface area contributed by atoms with Gasteiger partial charge in [0.1, 0.15) is 17.6 Å². The first-order valence-electron chi connectivity index (χ1n) is 8.01. The molecule has 2 aliphatic rings. The average molecular weight is 300 g/mol. The van der Waals surface area contributed by atoms with E-state index in [9.17, 15) is 5.11 Å². The second-order valence-corrected chi connectivity index (χ2v) is 6.27. The highest BCUT2D eigenvalue weighted by Crippen LogP contribution is 2.45. The van der Waals surface area contributed by atoms with Crippen LogP contribution in [0.2, 0.25) is 0 Å². The number of ether oxygens (including phenoxy) is 1. The van der Waals surface area contributed by atoms with Gasteiger partial charge in [0.2, 0.25) is 0 Å². The van der Waals surface area contributed by atoms with Crippen LogP contribution in [0.25, 0.3) is 16.8 Å². The Morgan fingerprint density at radius 3 is 2.52 bits per heavy atom. The monoisotopic (exact) mass is 300 g/mol. The molecule has 3 aromatic carbocycles.